The molecule has 0 saturated carbocycles. The summed E-state index contributed by atoms with van der Waals surface area (Å²) in [7, 11) is 0. The molecule has 2 unspecified atom stereocenters. The van der Waals surface area contributed by atoms with E-state index in [0.717, 1.165) is 11.3 Å². The molecule has 1 fully saturated rings. The molecule has 0 radical (unpaired) electrons. The number of β-amino-alcohol motifs (C(OH)–C–C–N with tert-alkyl or cyclic N) is 1. The zero-order chi connectivity index (χ0) is 21.0. The monoisotopic (exact) mass is 477 g/mol. The van der Waals surface area contributed by atoms with E-state index in [-0.39, 0.29) is 30.1 Å². The highest BCUT2D eigenvalue weighted by Crippen LogP contribution is 2.32. The lowest BCUT2D eigenvalue weighted by Gasteiger charge is -2.34. The number of para-hydroxylation sites is 1. The second kappa shape index (κ2) is 11.5. The first-order chi connectivity index (χ1) is 13.8. The molecule has 1 saturated heterocycles. The Labute approximate surface area is 193 Å². The number of rotatable bonds is 7. The number of aliphatic hydroxyl groups excluding tert-OH is 1. The van der Waals surface area contributed by atoms with Crippen molar-refractivity contribution >= 4 is 35.6 Å². The third kappa shape index (κ3) is 6.46. The van der Waals surface area contributed by atoms with Gasteiger partial charge < -0.3 is 14.6 Å². The van der Waals surface area contributed by atoms with Gasteiger partial charge in [0.25, 0.3) is 0 Å². The van der Waals surface area contributed by atoms with Crippen molar-refractivity contribution in [3.63, 3.8) is 0 Å². The summed E-state index contributed by atoms with van der Waals surface area (Å²) in [6.07, 6.45) is -1.04. The first-order valence-electron chi connectivity index (χ1n) is 9.73. The summed E-state index contributed by atoms with van der Waals surface area (Å²) in [5.41, 5.74) is 1.68. The van der Waals surface area contributed by atoms with Crippen LogP contribution in [-0.2, 0) is 4.74 Å². The number of morpholine rings is 1. The van der Waals surface area contributed by atoms with E-state index in [2.05, 4.69) is 18.7 Å². The number of hydrogen-bond donors (Lipinski definition) is 1. The molecule has 2 aromatic rings. The quantitative estimate of drug-likeness (QED) is 0.534. The average Bonchev–Trinajstić information content (AvgIpc) is 2.69. The standard InChI is InChI=1S/C22H26Cl2FNO3.ClH/c1-14(2)16-5-3-4-6-21(16)29-13-15(27)11-26-7-8-28-22(12-26)17-9-20(25)19(24)10-18(17)23;/h3-6,9-10,14-15,22,27H,7-8,11-13H2,1-2H3;1H. The fourth-order valence-corrected chi connectivity index (χ4v) is 3.97. The number of hydrogen-bond acceptors (Lipinski definition) is 4. The second-order valence-corrected chi connectivity index (χ2v) is 8.38. The fraction of sp³-hybridized carbons (Fsp3) is 0.455. The molecule has 0 amide bonds. The lowest BCUT2D eigenvalue weighted by molar-refractivity contribution is -0.0460. The number of benzene rings is 2. The maximum absolute atomic E-state index is 13.9. The third-order valence-electron chi connectivity index (χ3n) is 4.98. The van der Waals surface area contributed by atoms with Crippen LogP contribution >= 0.6 is 35.6 Å². The van der Waals surface area contributed by atoms with Crippen LogP contribution in [0.25, 0.3) is 0 Å². The van der Waals surface area contributed by atoms with Crippen LogP contribution in [0.15, 0.2) is 36.4 Å². The molecule has 0 aromatic heterocycles. The van der Waals surface area contributed by atoms with Crippen molar-refractivity contribution in [2.75, 3.05) is 32.8 Å². The minimum absolute atomic E-state index is 0. The highest BCUT2D eigenvalue weighted by Gasteiger charge is 2.26. The molecular weight excluding hydrogens is 452 g/mol. The van der Waals surface area contributed by atoms with E-state index < -0.39 is 11.9 Å². The van der Waals surface area contributed by atoms with Gasteiger partial charge in [-0.2, -0.15) is 0 Å². The summed E-state index contributed by atoms with van der Waals surface area (Å²) >= 11 is 12.0. The van der Waals surface area contributed by atoms with E-state index >= 15 is 0 Å². The molecule has 3 rings (SSSR count). The minimum atomic E-state index is -0.661. The van der Waals surface area contributed by atoms with E-state index in [1.807, 2.05) is 24.3 Å². The molecule has 30 heavy (non-hydrogen) atoms. The Morgan fingerprint density at radius 2 is 1.97 bits per heavy atom. The number of nitrogens with zero attached hydrogens (tertiary/aromatic N) is 1. The predicted molar refractivity (Wildman–Crippen MR) is 121 cm³/mol. The van der Waals surface area contributed by atoms with Gasteiger partial charge in [-0.1, -0.05) is 55.2 Å². The Hall–Kier alpha value is -1.08. The van der Waals surface area contributed by atoms with Gasteiger partial charge in [0.1, 0.15) is 24.3 Å². The first kappa shape index (κ1) is 25.2. The molecule has 4 nitrogen and oxygen atoms in total. The van der Waals surface area contributed by atoms with Crippen LogP contribution in [-0.4, -0.2) is 49.0 Å². The van der Waals surface area contributed by atoms with Crippen LogP contribution in [0, 0.1) is 5.82 Å². The summed E-state index contributed by atoms with van der Waals surface area (Å²) in [6, 6.07) is 10.6. The van der Waals surface area contributed by atoms with Gasteiger partial charge in [0.2, 0.25) is 0 Å². The van der Waals surface area contributed by atoms with Gasteiger partial charge in [-0.3, -0.25) is 4.90 Å². The first-order valence-corrected chi connectivity index (χ1v) is 10.5. The molecule has 2 aromatic carbocycles. The molecule has 8 heteroatoms. The summed E-state index contributed by atoms with van der Waals surface area (Å²) in [5.74, 6) is 0.613. The van der Waals surface area contributed by atoms with Crippen molar-refractivity contribution in [1.82, 2.24) is 4.90 Å². The molecule has 0 bridgehead atoms. The topological polar surface area (TPSA) is 41.9 Å². The molecule has 0 aliphatic carbocycles. The van der Waals surface area contributed by atoms with Crippen LogP contribution in [0.4, 0.5) is 4.39 Å². The molecule has 1 aliphatic rings. The van der Waals surface area contributed by atoms with Gasteiger partial charge in [-0.05, 0) is 29.7 Å². The Morgan fingerprint density at radius 1 is 1.23 bits per heavy atom. The van der Waals surface area contributed by atoms with Crippen LogP contribution in [0.1, 0.15) is 37.0 Å². The van der Waals surface area contributed by atoms with Crippen LogP contribution in [0.5, 0.6) is 5.75 Å². The van der Waals surface area contributed by atoms with Crippen LogP contribution in [0.2, 0.25) is 10.0 Å². The van der Waals surface area contributed by atoms with Crippen molar-refractivity contribution in [2.45, 2.75) is 32.0 Å². The molecule has 2 atom stereocenters. The minimum Gasteiger partial charge on any atom is -0.491 e. The van der Waals surface area contributed by atoms with E-state index in [9.17, 15) is 9.50 Å². The largest absolute Gasteiger partial charge is 0.491 e. The summed E-state index contributed by atoms with van der Waals surface area (Å²) < 4.78 is 25.5. The molecule has 1 aliphatic heterocycles. The Morgan fingerprint density at radius 3 is 2.70 bits per heavy atom. The van der Waals surface area contributed by atoms with Gasteiger partial charge in [0.05, 0.1) is 17.7 Å². The predicted octanol–water partition coefficient (Wildman–Crippen LogP) is 5.49. The molecule has 1 N–H and O–H groups in total. The SMILES string of the molecule is CC(C)c1ccccc1OCC(O)CN1CCOC(c2cc(F)c(Cl)cc2Cl)C1.Cl. The summed E-state index contributed by atoms with van der Waals surface area (Å²) in [4.78, 5) is 2.07. The van der Waals surface area contributed by atoms with Gasteiger partial charge in [-0.15, -0.1) is 12.4 Å². The maximum atomic E-state index is 13.9. The lowest BCUT2D eigenvalue weighted by Crippen LogP contribution is -2.43. The lowest BCUT2D eigenvalue weighted by atomic mass is 10.0. The van der Waals surface area contributed by atoms with E-state index in [4.69, 9.17) is 32.7 Å². The Kier molecular flexibility index (Phi) is 9.67. The fourth-order valence-electron chi connectivity index (χ4n) is 3.47. The second-order valence-electron chi connectivity index (χ2n) is 7.56. The van der Waals surface area contributed by atoms with Gasteiger partial charge >= 0.3 is 0 Å². The van der Waals surface area contributed by atoms with Gasteiger partial charge in [-0.25, -0.2) is 4.39 Å². The van der Waals surface area contributed by atoms with Crippen molar-refractivity contribution in [2.24, 2.45) is 0 Å². The van der Waals surface area contributed by atoms with Crippen molar-refractivity contribution in [1.29, 1.82) is 0 Å². The average molecular weight is 479 g/mol. The Bertz CT molecular complexity index is 837. The Balaban J connectivity index is 0.00000320. The highest BCUT2D eigenvalue weighted by atomic mass is 35.5. The zero-order valence-corrected chi connectivity index (χ0v) is 19.3. The third-order valence-corrected chi connectivity index (χ3v) is 5.60. The molecule has 166 valence electrons. The number of aliphatic hydroxyl groups is 1. The number of ether oxygens (including phenoxy) is 2. The molecule has 0 spiro atoms. The molecule has 1 heterocycles. The van der Waals surface area contributed by atoms with Crippen LogP contribution in [0.3, 0.4) is 0 Å². The summed E-state index contributed by atoms with van der Waals surface area (Å²) in [6.45, 7) is 6.48. The normalized spacial score (nSPS) is 18.2. The van der Waals surface area contributed by atoms with Crippen molar-refractivity contribution in [3.8, 4) is 5.75 Å². The summed E-state index contributed by atoms with van der Waals surface area (Å²) in [5, 5.41) is 10.8. The highest BCUT2D eigenvalue weighted by molar-refractivity contribution is 6.35. The van der Waals surface area contributed by atoms with Gasteiger partial charge in [0.15, 0.2) is 0 Å². The van der Waals surface area contributed by atoms with Crippen molar-refractivity contribution in [3.05, 3.63) is 63.4 Å². The zero-order valence-electron chi connectivity index (χ0n) is 17.0. The van der Waals surface area contributed by atoms with E-state index in [1.54, 1.807) is 0 Å². The van der Waals surface area contributed by atoms with E-state index in [1.165, 1.54) is 12.1 Å². The maximum Gasteiger partial charge on any atom is 0.142 e. The number of halogens is 4. The molecular formula is C22H27Cl3FNO3. The van der Waals surface area contributed by atoms with Gasteiger partial charge in [0, 0.05) is 30.2 Å². The van der Waals surface area contributed by atoms with E-state index in [0.29, 0.717) is 42.7 Å². The smallest absolute Gasteiger partial charge is 0.142 e. The van der Waals surface area contributed by atoms with Crippen molar-refractivity contribution < 1.29 is 19.0 Å². The van der Waals surface area contributed by atoms with Crippen LogP contribution < -0.4 is 4.74 Å².